The van der Waals surface area contributed by atoms with Gasteiger partial charge in [0.1, 0.15) is 0 Å². The quantitative estimate of drug-likeness (QED) is 0.216. The average molecular weight is 677 g/mol. The predicted octanol–water partition coefficient (Wildman–Crippen LogP) is -10.8. The maximum Gasteiger partial charge on any atom is 2.00 e. The van der Waals surface area contributed by atoms with Crippen LogP contribution >= 0.6 is 34.4 Å². The molecule has 20 heavy (non-hydrogen) atoms. The van der Waals surface area contributed by atoms with E-state index in [-0.39, 0.29) is 71.4 Å². The largest absolute Gasteiger partial charge is 2.00 e. The predicted molar refractivity (Wildman–Crippen MR) is 27.7 cm³/mol. The van der Waals surface area contributed by atoms with Gasteiger partial charge >= 0.3 is 50.3 Å². The van der Waals surface area contributed by atoms with E-state index < -0.39 is 34.4 Å². The van der Waals surface area contributed by atoms with Crippen molar-refractivity contribution >= 4 is 34.4 Å². The second-order valence-corrected chi connectivity index (χ2v) is 2.68. The average Bonchev–Trinajstić information content (AvgIpc) is 1.76. The van der Waals surface area contributed by atoms with Crippen molar-refractivity contribution in [3.8, 4) is 0 Å². The summed E-state index contributed by atoms with van der Waals surface area (Å²) < 4.78 is 0. The molecule has 0 aliphatic heterocycles. The minimum atomic E-state index is -3.37. The third-order valence-corrected chi connectivity index (χ3v) is 0. The second kappa shape index (κ2) is 43.3. The molecule has 0 atom stereocenters. The summed E-state index contributed by atoms with van der Waals surface area (Å²) in [7, 11) is -13.5. The van der Waals surface area contributed by atoms with Crippen LogP contribution in [0.15, 0.2) is 0 Å². The van der Waals surface area contributed by atoms with E-state index in [9.17, 15) is 0 Å². The van der Waals surface area contributed by atoms with E-state index in [1.54, 1.807) is 0 Å². The van der Waals surface area contributed by atoms with Crippen molar-refractivity contribution in [1.29, 1.82) is 0 Å². The molecule has 0 bridgehead atoms. The van der Waals surface area contributed by atoms with Crippen molar-refractivity contribution in [1.82, 2.24) is 0 Å². The summed E-state index contributed by atoms with van der Waals surface area (Å²) in [5, 5.41) is 0. The third-order valence-electron chi connectivity index (χ3n) is 0. The van der Waals surface area contributed by atoms with Crippen LogP contribution in [0, 0.1) is 0 Å². The summed E-state index contributed by atoms with van der Waals surface area (Å²) >= 11 is 0. The van der Waals surface area contributed by atoms with Gasteiger partial charge < -0.3 is 93.1 Å². The van der Waals surface area contributed by atoms with Crippen LogP contribution in [0.1, 0.15) is 0 Å². The van der Waals surface area contributed by atoms with Crippen LogP contribution in [0.4, 0.5) is 0 Å². The van der Waals surface area contributed by atoms with E-state index in [1.165, 1.54) is 0 Å². The molecule has 0 aliphatic rings. The zero-order valence-corrected chi connectivity index (χ0v) is 17.7. The van der Waals surface area contributed by atoms with Gasteiger partial charge in [-0.2, -0.15) is 0 Å². The van der Waals surface area contributed by atoms with Crippen molar-refractivity contribution in [2.75, 3.05) is 0 Å². The minimum absolute atomic E-state index is 0. The van der Waals surface area contributed by atoms with Crippen molar-refractivity contribution in [3.63, 3.8) is 0 Å². The molecule has 0 amide bonds. The first-order valence-electron chi connectivity index (χ1n) is 2.19. The van der Waals surface area contributed by atoms with Gasteiger partial charge in [0.15, 0.2) is 0 Å². The van der Waals surface area contributed by atoms with Gasteiger partial charge in [-0.1, -0.05) is 0 Å². The SMILES string of the molecule is [Co+2].[Co+2].[Co+2].[O-]P([O-])[O-].[O-]P([O-])[O-].[O-]P([O-])[O-].[O-]P([O-])[O-].[W]. The van der Waals surface area contributed by atoms with Crippen molar-refractivity contribution < 1.29 is 130 Å². The van der Waals surface area contributed by atoms with Gasteiger partial charge in [0.25, 0.3) is 0 Å². The molecule has 131 valence electrons. The summed E-state index contributed by atoms with van der Waals surface area (Å²) in [6.07, 6.45) is 0. The van der Waals surface area contributed by atoms with Crippen molar-refractivity contribution in [2.45, 2.75) is 0 Å². The Morgan fingerprint density at radius 3 is 0.300 bits per heavy atom. The molecule has 3 radical (unpaired) electrons. The van der Waals surface area contributed by atoms with Crippen LogP contribution in [0.25, 0.3) is 0 Å². The fourth-order valence-electron chi connectivity index (χ4n) is 0. The van der Waals surface area contributed by atoms with Crippen LogP contribution < -0.4 is 58.7 Å². The Balaban J connectivity index is -0.0000000150. The molecule has 12 nitrogen and oxygen atoms in total. The Morgan fingerprint density at radius 2 is 0.300 bits per heavy atom. The number of hydrogen-bond acceptors (Lipinski definition) is 12. The summed E-state index contributed by atoms with van der Waals surface area (Å²) in [4.78, 5) is 102. The van der Waals surface area contributed by atoms with Gasteiger partial charge in [0, 0.05) is 21.1 Å². The van der Waals surface area contributed by atoms with Gasteiger partial charge in [-0.15, -0.1) is 0 Å². The van der Waals surface area contributed by atoms with Gasteiger partial charge in [0.2, 0.25) is 0 Å². The van der Waals surface area contributed by atoms with Crippen LogP contribution in [0.5, 0.6) is 0 Å². The molecular weight excluding hydrogens is 677 g/mol. The normalized spacial score (nSPS) is 7.20. The van der Waals surface area contributed by atoms with E-state index >= 15 is 0 Å². The van der Waals surface area contributed by atoms with E-state index in [0.717, 1.165) is 0 Å². The second-order valence-electron chi connectivity index (χ2n) is 0.894. The summed E-state index contributed by atoms with van der Waals surface area (Å²) in [5.74, 6) is 0. The molecule has 0 spiro atoms. The molecule has 0 aromatic heterocycles. The topological polar surface area (TPSA) is 277 Å². The Hall–Kier alpha value is 3.45. The summed E-state index contributed by atoms with van der Waals surface area (Å²) in [6.45, 7) is 0. The monoisotopic (exact) mass is 677 g/mol. The number of rotatable bonds is 0. The smallest absolute Gasteiger partial charge is 0.854 e. The zero-order valence-electron chi connectivity index (χ0n) is 8.10. The molecular formula is Co3O12P4W-6. The van der Waals surface area contributed by atoms with Gasteiger partial charge in [-0.05, 0) is 0 Å². The Labute approximate surface area is 163 Å². The minimum Gasteiger partial charge on any atom is -0.854 e. The first kappa shape index (κ1) is 49.5. The van der Waals surface area contributed by atoms with Crippen molar-refractivity contribution in [2.24, 2.45) is 0 Å². The summed E-state index contributed by atoms with van der Waals surface area (Å²) in [6, 6.07) is 0. The van der Waals surface area contributed by atoms with Crippen LogP contribution in [-0.4, -0.2) is 0 Å². The Bertz CT molecular complexity index is 73.7. The van der Waals surface area contributed by atoms with Gasteiger partial charge in [-0.25, -0.2) is 0 Å². The molecule has 0 fully saturated rings. The standard InChI is InChI=1S/3Co.4O3P.W/c;;;4*1-4(2)3;/q3*+2;4*-3;. The maximum absolute atomic E-state index is 8.48. The zero-order chi connectivity index (χ0) is 14.3. The fraction of sp³-hybridized carbons (Fsp3) is 0. The molecule has 0 heterocycles. The van der Waals surface area contributed by atoms with E-state index in [4.69, 9.17) is 58.7 Å². The third kappa shape index (κ3) is 754. The first-order valence-corrected chi connectivity index (χ1v) is 6.57. The Morgan fingerprint density at radius 1 is 0.300 bits per heavy atom. The first-order chi connectivity index (χ1) is 6.93. The molecule has 0 saturated carbocycles. The molecule has 0 aromatic rings. The van der Waals surface area contributed by atoms with Gasteiger partial charge in [-0.3, -0.25) is 0 Å². The maximum atomic E-state index is 8.48. The molecule has 0 unspecified atom stereocenters. The van der Waals surface area contributed by atoms with E-state index in [0.29, 0.717) is 0 Å². The van der Waals surface area contributed by atoms with Crippen molar-refractivity contribution in [3.05, 3.63) is 0 Å². The molecule has 0 rings (SSSR count). The van der Waals surface area contributed by atoms with Crippen LogP contribution in [0.3, 0.4) is 0 Å². The number of hydrogen-bond donors (Lipinski definition) is 0. The van der Waals surface area contributed by atoms with Gasteiger partial charge in [0.05, 0.1) is 0 Å². The molecule has 0 N–H and O–H groups in total. The molecule has 0 aliphatic carbocycles. The fourth-order valence-corrected chi connectivity index (χ4v) is 0. The van der Waals surface area contributed by atoms with Crippen LogP contribution in [-0.2, 0) is 71.4 Å². The van der Waals surface area contributed by atoms with Crippen LogP contribution in [0.2, 0.25) is 0 Å². The molecule has 20 heteroatoms. The van der Waals surface area contributed by atoms with E-state index in [2.05, 4.69) is 0 Å². The molecule has 0 saturated heterocycles. The Kier molecular flexibility index (Phi) is 107. The molecule has 0 aromatic carbocycles. The summed E-state index contributed by atoms with van der Waals surface area (Å²) in [5.41, 5.74) is 0. The van der Waals surface area contributed by atoms with E-state index in [1.807, 2.05) is 0 Å².